The third kappa shape index (κ3) is 3.95. The number of anilines is 1. The number of hydrogen-bond acceptors (Lipinski definition) is 3. The topological polar surface area (TPSA) is 28.2 Å². The lowest BCUT2D eigenvalue weighted by molar-refractivity contribution is 0.588. The summed E-state index contributed by atoms with van der Waals surface area (Å²) in [6.45, 7) is 9.71. The standard InChI is InChI=1S/C15H22ClN3/c1-4-7-19(13-5-6-13)15-8-12(9-17-11(2)3)14(16)10-18-15/h4,8,10-11,13,17H,1,5-7,9H2,2-3H3. The van der Waals surface area contributed by atoms with Gasteiger partial charge in [-0.2, -0.15) is 0 Å². The van der Waals surface area contributed by atoms with Crippen LogP contribution in [-0.2, 0) is 6.54 Å². The second-order valence-corrected chi connectivity index (χ2v) is 5.75. The van der Waals surface area contributed by atoms with E-state index in [1.54, 1.807) is 6.20 Å². The van der Waals surface area contributed by atoms with Gasteiger partial charge in [0.05, 0.1) is 5.02 Å². The molecule has 0 atom stereocenters. The quantitative estimate of drug-likeness (QED) is 0.776. The van der Waals surface area contributed by atoms with Crippen molar-refractivity contribution in [2.45, 2.75) is 45.3 Å². The van der Waals surface area contributed by atoms with Crippen LogP contribution in [0.2, 0.25) is 5.02 Å². The molecule has 0 aliphatic heterocycles. The molecule has 1 fully saturated rings. The molecule has 4 heteroatoms. The Morgan fingerprint density at radius 2 is 2.32 bits per heavy atom. The van der Waals surface area contributed by atoms with E-state index < -0.39 is 0 Å². The van der Waals surface area contributed by atoms with Crippen LogP contribution in [0.4, 0.5) is 5.82 Å². The van der Waals surface area contributed by atoms with Crippen LogP contribution in [0.3, 0.4) is 0 Å². The van der Waals surface area contributed by atoms with E-state index in [9.17, 15) is 0 Å². The van der Waals surface area contributed by atoms with Crippen LogP contribution in [0.1, 0.15) is 32.3 Å². The molecular weight excluding hydrogens is 258 g/mol. The highest BCUT2D eigenvalue weighted by Gasteiger charge is 2.29. The third-order valence-corrected chi connectivity index (χ3v) is 3.57. The van der Waals surface area contributed by atoms with Crippen molar-refractivity contribution >= 4 is 17.4 Å². The minimum absolute atomic E-state index is 0.445. The lowest BCUT2D eigenvalue weighted by Crippen LogP contribution is -2.27. The summed E-state index contributed by atoms with van der Waals surface area (Å²) in [5, 5.41) is 4.12. The monoisotopic (exact) mass is 279 g/mol. The SMILES string of the molecule is C=CCN(c1cc(CNC(C)C)c(Cl)cn1)C1CC1. The molecule has 1 aliphatic carbocycles. The van der Waals surface area contributed by atoms with E-state index >= 15 is 0 Å². The summed E-state index contributed by atoms with van der Waals surface area (Å²) in [6, 6.07) is 3.16. The highest BCUT2D eigenvalue weighted by molar-refractivity contribution is 6.31. The Labute approximate surface area is 120 Å². The van der Waals surface area contributed by atoms with Gasteiger partial charge in [0.1, 0.15) is 5.82 Å². The summed E-state index contributed by atoms with van der Waals surface area (Å²) < 4.78 is 0. The molecule has 0 amide bonds. The predicted octanol–water partition coefficient (Wildman–Crippen LogP) is 3.39. The Kier molecular flexibility index (Phi) is 4.83. The van der Waals surface area contributed by atoms with Gasteiger partial charge in [0, 0.05) is 31.4 Å². The van der Waals surface area contributed by atoms with Gasteiger partial charge in [0.25, 0.3) is 0 Å². The van der Waals surface area contributed by atoms with Gasteiger partial charge >= 0.3 is 0 Å². The molecule has 0 spiro atoms. The first-order chi connectivity index (χ1) is 9.11. The highest BCUT2D eigenvalue weighted by Crippen LogP contribution is 2.31. The van der Waals surface area contributed by atoms with Crippen LogP contribution in [-0.4, -0.2) is 23.6 Å². The fourth-order valence-electron chi connectivity index (χ4n) is 2.03. The molecule has 0 saturated heterocycles. The van der Waals surface area contributed by atoms with Crippen molar-refractivity contribution in [1.82, 2.24) is 10.3 Å². The number of rotatable bonds is 7. The van der Waals surface area contributed by atoms with Gasteiger partial charge < -0.3 is 10.2 Å². The molecule has 0 aromatic carbocycles. The molecule has 3 nitrogen and oxygen atoms in total. The molecule has 0 radical (unpaired) electrons. The smallest absolute Gasteiger partial charge is 0.129 e. The number of halogens is 1. The lowest BCUT2D eigenvalue weighted by atomic mass is 10.2. The van der Waals surface area contributed by atoms with Gasteiger partial charge in [0.15, 0.2) is 0 Å². The molecule has 1 saturated carbocycles. The Morgan fingerprint density at radius 1 is 1.58 bits per heavy atom. The van der Waals surface area contributed by atoms with Gasteiger partial charge in [-0.3, -0.25) is 0 Å². The molecular formula is C15H22ClN3. The zero-order chi connectivity index (χ0) is 13.8. The third-order valence-electron chi connectivity index (χ3n) is 3.23. The van der Waals surface area contributed by atoms with E-state index in [0.717, 1.165) is 29.5 Å². The van der Waals surface area contributed by atoms with E-state index in [1.165, 1.54) is 12.8 Å². The Hall–Kier alpha value is -1.06. The Morgan fingerprint density at radius 3 is 2.89 bits per heavy atom. The van der Waals surface area contributed by atoms with E-state index in [2.05, 4.69) is 41.7 Å². The summed E-state index contributed by atoms with van der Waals surface area (Å²) in [5.41, 5.74) is 1.11. The molecule has 104 valence electrons. The van der Waals surface area contributed by atoms with E-state index in [-0.39, 0.29) is 0 Å². The molecule has 1 aromatic heterocycles. The van der Waals surface area contributed by atoms with Gasteiger partial charge in [-0.1, -0.05) is 31.5 Å². The maximum Gasteiger partial charge on any atom is 0.129 e. The lowest BCUT2D eigenvalue weighted by Gasteiger charge is -2.22. The molecule has 0 bridgehead atoms. The largest absolute Gasteiger partial charge is 0.350 e. The molecule has 19 heavy (non-hydrogen) atoms. The summed E-state index contributed by atoms with van der Waals surface area (Å²) in [5.74, 6) is 1.01. The molecule has 1 aromatic rings. The van der Waals surface area contributed by atoms with Crippen molar-refractivity contribution in [2.24, 2.45) is 0 Å². The van der Waals surface area contributed by atoms with E-state index in [0.29, 0.717) is 12.1 Å². The number of nitrogens with zero attached hydrogens (tertiary/aromatic N) is 2. The van der Waals surface area contributed by atoms with Gasteiger partial charge in [0.2, 0.25) is 0 Å². The summed E-state index contributed by atoms with van der Waals surface area (Å²) in [7, 11) is 0. The van der Waals surface area contributed by atoms with Crippen LogP contribution in [0, 0.1) is 0 Å². The first-order valence-corrected chi connectivity index (χ1v) is 7.25. The van der Waals surface area contributed by atoms with Crippen molar-refractivity contribution in [3.63, 3.8) is 0 Å². The van der Waals surface area contributed by atoms with Crippen LogP contribution in [0.5, 0.6) is 0 Å². The normalized spacial score (nSPS) is 14.7. The second-order valence-electron chi connectivity index (χ2n) is 5.34. The Bertz CT molecular complexity index is 441. The highest BCUT2D eigenvalue weighted by atomic mass is 35.5. The first kappa shape index (κ1) is 14.4. The van der Waals surface area contributed by atoms with Gasteiger partial charge in [-0.05, 0) is 24.5 Å². The average Bonchev–Trinajstić information content (AvgIpc) is 3.19. The van der Waals surface area contributed by atoms with Crippen molar-refractivity contribution in [3.05, 3.63) is 35.5 Å². The van der Waals surface area contributed by atoms with E-state index in [1.807, 2.05) is 6.08 Å². The van der Waals surface area contributed by atoms with E-state index in [4.69, 9.17) is 11.6 Å². The van der Waals surface area contributed by atoms with Crippen LogP contribution >= 0.6 is 11.6 Å². The summed E-state index contributed by atoms with van der Waals surface area (Å²) in [6.07, 6.45) is 6.18. The predicted molar refractivity (Wildman–Crippen MR) is 81.8 cm³/mol. The van der Waals surface area contributed by atoms with Gasteiger partial charge in [-0.25, -0.2) is 4.98 Å². The van der Waals surface area contributed by atoms with Crippen LogP contribution in [0.15, 0.2) is 24.9 Å². The van der Waals surface area contributed by atoms with Gasteiger partial charge in [-0.15, -0.1) is 6.58 Å². The summed E-state index contributed by atoms with van der Waals surface area (Å²) in [4.78, 5) is 6.77. The summed E-state index contributed by atoms with van der Waals surface area (Å²) >= 11 is 6.22. The maximum atomic E-state index is 6.22. The fourth-order valence-corrected chi connectivity index (χ4v) is 2.20. The molecule has 2 rings (SSSR count). The first-order valence-electron chi connectivity index (χ1n) is 6.87. The fraction of sp³-hybridized carbons (Fsp3) is 0.533. The Balaban J connectivity index is 2.15. The zero-order valence-corrected chi connectivity index (χ0v) is 12.5. The minimum Gasteiger partial charge on any atom is -0.350 e. The van der Waals surface area contributed by atoms with Crippen molar-refractivity contribution in [2.75, 3.05) is 11.4 Å². The molecule has 1 N–H and O–H groups in total. The zero-order valence-electron chi connectivity index (χ0n) is 11.7. The molecule has 1 heterocycles. The number of hydrogen-bond donors (Lipinski definition) is 1. The average molecular weight is 280 g/mol. The van der Waals surface area contributed by atoms with Crippen LogP contribution < -0.4 is 10.2 Å². The van der Waals surface area contributed by atoms with Crippen LogP contribution in [0.25, 0.3) is 0 Å². The maximum absolute atomic E-state index is 6.22. The molecule has 1 aliphatic rings. The number of nitrogens with one attached hydrogen (secondary N) is 1. The number of pyridine rings is 1. The van der Waals surface area contributed by atoms with Crippen molar-refractivity contribution < 1.29 is 0 Å². The molecule has 0 unspecified atom stereocenters. The van der Waals surface area contributed by atoms with Crippen molar-refractivity contribution in [1.29, 1.82) is 0 Å². The minimum atomic E-state index is 0.445. The second kappa shape index (κ2) is 6.40. The number of aromatic nitrogens is 1. The van der Waals surface area contributed by atoms with Crippen molar-refractivity contribution in [3.8, 4) is 0 Å².